The van der Waals surface area contributed by atoms with E-state index in [1.165, 1.54) is 68.6 Å². The van der Waals surface area contributed by atoms with E-state index in [0.29, 0.717) is 12.1 Å². The summed E-state index contributed by atoms with van der Waals surface area (Å²) in [4.78, 5) is 13.9. The molecule has 0 saturated carbocycles. The lowest BCUT2D eigenvalue weighted by atomic mass is 10.0. The topological polar surface area (TPSA) is 25.6 Å². The van der Waals surface area contributed by atoms with E-state index in [-0.39, 0.29) is 0 Å². The van der Waals surface area contributed by atoms with Crippen molar-refractivity contribution in [2.75, 3.05) is 59.3 Å². The number of anilines is 1. The molecule has 1 aromatic carbocycles. The molecule has 1 aromatic rings. The fourth-order valence-corrected chi connectivity index (χ4v) is 7.12. The first kappa shape index (κ1) is 24.7. The van der Waals surface area contributed by atoms with Gasteiger partial charge < -0.3 is 14.7 Å². The third-order valence-electron chi connectivity index (χ3n) is 8.33. The molecule has 3 aliphatic heterocycles. The summed E-state index contributed by atoms with van der Waals surface area (Å²) in [5.41, 5.74) is 6.40. The molecule has 6 heteroatoms. The minimum absolute atomic E-state index is 0.704. The molecule has 0 aromatic heterocycles. The number of aryl methyl sites for hydroxylation is 2. The minimum Gasteiger partial charge on any atom is -0.371 e. The second-order valence-corrected chi connectivity index (χ2v) is 12.1. The summed E-state index contributed by atoms with van der Waals surface area (Å²) in [6.07, 6.45) is 5.95. The molecule has 0 unspecified atom stereocenters. The molecule has 0 radical (unpaired) electrons. The molecule has 188 valence electrons. The van der Waals surface area contributed by atoms with E-state index in [0.717, 1.165) is 32.6 Å². The summed E-state index contributed by atoms with van der Waals surface area (Å²) in [6, 6.07) is 11.0. The normalized spacial score (nSPS) is 20.1. The number of piperidine rings is 2. The van der Waals surface area contributed by atoms with E-state index in [4.69, 9.17) is 4.98 Å². The summed E-state index contributed by atoms with van der Waals surface area (Å²) in [5, 5.41) is 1.38. The van der Waals surface area contributed by atoms with E-state index in [9.17, 15) is 0 Å². The molecular formula is C29H42N5S+. The Morgan fingerprint density at radius 1 is 0.943 bits per heavy atom. The van der Waals surface area contributed by atoms with Crippen LogP contribution in [0, 0.1) is 6.92 Å². The van der Waals surface area contributed by atoms with Gasteiger partial charge in [-0.1, -0.05) is 6.92 Å². The molecular weight excluding hydrogens is 450 g/mol. The Morgan fingerprint density at radius 3 is 2.23 bits per heavy atom. The van der Waals surface area contributed by atoms with Crippen LogP contribution in [-0.4, -0.2) is 81.2 Å². The summed E-state index contributed by atoms with van der Waals surface area (Å²) in [7, 11) is 8.85. The average Bonchev–Trinajstić information content (AvgIpc) is 2.87. The smallest absolute Gasteiger partial charge is 0.201 e. The zero-order valence-corrected chi connectivity index (χ0v) is 23.3. The summed E-state index contributed by atoms with van der Waals surface area (Å²) in [6.45, 7) is 9.03. The summed E-state index contributed by atoms with van der Waals surface area (Å²) >= 11 is 1.93. The van der Waals surface area contributed by atoms with Gasteiger partial charge in [-0.05, 0) is 77.6 Å². The lowest BCUT2D eigenvalue weighted by Crippen LogP contribution is -2.43. The molecule has 3 heterocycles. The number of nitrogens with zero attached hydrogens (tertiary/aromatic N) is 5. The zero-order chi connectivity index (χ0) is 24.7. The standard InChI is InChI=1S/C29H42N5S/c1-7-21-17-25(34-14-10-23(11-15-34)32(5)6)19-27-29(21)30-28-20(2)16-24(18-26(28)35-27)33-12-8-22(9-13-33)31(3)4/h16-19,22-23H,7-15H2,1-6H3/q+1. The van der Waals surface area contributed by atoms with E-state index < -0.39 is 0 Å². The van der Waals surface area contributed by atoms with Gasteiger partial charge in [0.2, 0.25) is 5.36 Å². The average molecular weight is 493 g/mol. The molecule has 35 heavy (non-hydrogen) atoms. The van der Waals surface area contributed by atoms with Gasteiger partial charge in [0.05, 0.1) is 20.8 Å². The molecule has 0 spiro atoms. The highest BCUT2D eigenvalue weighted by Gasteiger charge is 2.25. The molecule has 0 atom stereocenters. The van der Waals surface area contributed by atoms with E-state index in [1.807, 2.05) is 11.3 Å². The third-order valence-corrected chi connectivity index (χ3v) is 9.40. The highest BCUT2D eigenvalue weighted by Crippen LogP contribution is 2.36. The maximum Gasteiger partial charge on any atom is 0.201 e. The van der Waals surface area contributed by atoms with Crippen LogP contribution in [0.3, 0.4) is 0 Å². The van der Waals surface area contributed by atoms with Gasteiger partial charge in [0.15, 0.2) is 0 Å². The van der Waals surface area contributed by atoms with Gasteiger partial charge >= 0.3 is 0 Å². The number of hydrogen-bond acceptors (Lipinski definition) is 5. The third kappa shape index (κ3) is 4.98. The van der Waals surface area contributed by atoms with Crippen molar-refractivity contribution in [1.29, 1.82) is 0 Å². The molecule has 2 fully saturated rings. The summed E-state index contributed by atoms with van der Waals surface area (Å²) < 4.78 is 3.90. The van der Waals surface area contributed by atoms with Crippen molar-refractivity contribution in [3.63, 3.8) is 0 Å². The Morgan fingerprint density at radius 2 is 1.60 bits per heavy atom. The number of rotatable bonds is 4. The largest absolute Gasteiger partial charge is 0.371 e. The van der Waals surface area contributed by atoms with Crippen LogP contribution in [0.25, 0.3) is 20.8 Å². The second kappa shape index (κ2) is 10.2. The first-order chi connectivity index (χ1) is 16.8. The van der Waals surface area contributed by atoms with Gasteiger partial charge in [-0.25, -0.2) is 9.56 Å². The lowest BCUT2D eigenvalue weighted by Gasteiger charge is -2.36. The van der Waals surface area contributed by atoms with Crippen molar-refractivity contribution in [3.05, 3.63) is 40.7 Å². The number of hydrogen-bond donors (Lipinski definition) is 0. The number of benzene rings is 2. The van der Waals surface area contributed by atoms with Crippen molar-refractivity contribution in [1.82, 2.24) is 19.4 Å². The first-order valence-corrected chi connectivity index (χ1v) is 14.2. The van der Waals surface area contributed by atoms with E-state index >= 15 is 0 Å². The molecule has 5 nitrogen and oxygen atoms in total. The fourth-order valence-electron chi connectivity index (χ4n) is 5.95. The molecule has 5 rings (SSSR count). The lowest BCUT2D eigenvalue weighted by molar-refractivity contribution is 0.224. The SMILES string of the molecule is CCc1cc(=[N+]2CCC(N(C)C)CC2)cc2sc3cc(N4CCC(N(C)C)CC4)cc(C)c3nc1-2. The van der Waals surface area contributed by atoms with Gasteiger partial charge in [0.1, 0.15) is 13.1 Å². The molecule has 0 amide bonds. The molecule has 4 aliphatic rings. The Bertz CT molecular complexity index is 1230. The van der Waals surface area contributed by atoms with Crippen molar-refractivity contribution >= 4 is 27.2 Å². The van der Waals surface area contributed by atoms with Crippen LogP contribution >= 0.6 is 11.3 Å². The predicted molar refractivity (Wildman–Crippen MR) is 151 cm³/mol. The predicted octanol–water partition coefficient (Wildman–Crippen LogP) is 4.30. The Balaban J connectivity index is 1.54. The number of aromatic nitrogens is 1. The maximum atomic E-state index is 5.25. The Hall–Kier alpha value is -2.02. The van der Waals surface area contributed by atoms with Gasteiger partial charge in [-0.2, -0.15) is 0 Å². The highest BCUT2D eigenvalue weighted by molar-refractivity contribution is 7.21. The van der Waals surface area contributed by atoms with Crippen LogP contribution in [0.2, 0.25) is 0 Å². The molecule has 2 saturated heterocycles. The van der Waals surface area contributed by atoms with Crippen LogP contribution in [0.4, 0.5) is 5.69 Å². The van der Waals surface area contributed by atoms with Gasteiger partial charge in [0, 0.05) is 55.8 Å². The first-order valence-electron chi connectivity index (χ1n) is 13.4. The minimum atomic E-state index is 0.704. The van der Waals surface area contributed by atoms with Crippen LogP contribution in [-0.2, 0) is 6.42 Å². The quantitative estimate of drug-likeness (QED) is 0.401. The monoisotopic (exact) mass is 492 g/mol. The van der Waals surface area contributed by atoms with Crippen molar-refractivity contribution in [2.45, 2.75) is 58.0 Å². The highest BCUT2D eigenvalue weighted by atomic mass is 32.1. The zero-order valence-electron chi connectivity index (χ0n) is 22.5. The Labute approximate surface area is 215 Å². The van der Waals surface area contributed by atoms with Crippen LogP contribution in [0.15, 0.2) is 24.3 Å². The maximum absolute atomic E-state index is 5.25. The molecule has 1 aliphatic carbocycles. The van der Waals surface area contributed by atoms with E-state index in [2.05, 4.69) is 85.6 Å². The van der Waals surface area contributed by atoms with Gasteiger partial charge in [-0.3, -0.25) is 0 Å². The van der Waals surface area contributed by atoms with Crippen LogP contribution in [0.1, 0.15) is 43.7 Å². The summed E-state index contributed by atoms with van der Waals surface area (Å²) in [5.74, 6) is 0. The van der Waals surface area contributed by atoms with Crippen LogP contribution in [0.5, 0.6) is 0 Å². The fraction of sp³-hybridized carbons (Fsp3) is 0.586. The second-order valence-electron chi connectivity index (χ2n) is 11.0. The van der Waals surface area contributed by atoms with Crippen molar-refractivity contribution in [2.24, 2.45) is 0 Å². The van der Waals surface area contributed by atoms with Gasteiger partial charge in [-0.15, -0.1) is 11.3 Å². The molecule has 0 N–H and O–H groups in total. The Kier molecular flexibility index (Phi) is 7.16. The molecule has 0 bridgehead atoms. The van der Waals surface area contributed by atoms with Crippen LogP contribution < -0.4 is 14.8 Å². The van der Waals surface area contributed by atoms with Crippen molar-refractivity contribution < 1.29 is 0 Å². The van der Waals surface area contributed by atoms with Gasteiger partial charge in [0.25, 0.3) is 0 Å². The van der Waals surface area contributed by atoms with E-state index in [1.54, 1.807) is 0 Å². The van der Waals surface area contributed by atoms with Crippen molar-refractivity contribution in [3.8, 4) is 10.6 Å². The number of fused-ring (bicyclic) bond motifs is 2.